The summed E-state index contributed by atoms with van der Waals surface area (Å²) >= 11 is 3.51. The summed E-state index contributed by atoms with van der Waals surface area (Å²) in [6.07, 6.45) is 6.91. The number of rotatable bonds is 4. The van der Waals surface area contributed by atoms with Crippen LogP contribution in [0.25, 0.3) is 0 Å². The molecule has 1 aliphatic rings. The van der Waals surface area contributed by atoms with Crippen LogP contribution in [0.15, 0.2) is 21.2 Å². The molecule has 1 aromatic heterocycles. The Morgan fingerprint density at radius 1 is 1.47 bits per heavy atom. The van der Waals surface area contributed by atoms with E-state index in [9.17, 15) is 0 Å². The molecule has 4 heteroatoms. The second kappa shape index (κ2) is 6.03. The summed E-state index contributed by atoms with van der Waals surface area (Å²) in [5, 5.41) is 0. The highest BCUT2D eigenvalue weighted by Crippen LogP contribution is 2.29. The Morgan fingerprint density at radius 3 is 2.88 bits per heavy atom. The van der Waals surface area contributed by atoms with Gasteiger partial charge in [0.15, 0.2) is 0 Å². The molecule has 1 saturated carbocycles. The van der Waals surface area contributed by atoms with E-state index in [1.165, 1.54) is 25.7 Å². The van der Waals surface area contributed by atoms with Gasteiger partial charge in [-0.05, 0) is 54.3 Å². The lowest BCUT2D eigenvalue weighted by atomic mass is 9.83. The van der Waals surface area contributed by atoms with E-state index in [-0.39, 0.29) is 0 Å². The van der Waals surface area contributed by atoms with Crippen LogP contribution >= 0.6 is 15.9 Å². The smallest absolute Gasteiger partial charge is 0.131 e. The van der Waals surface area contributed by atoms with Crippen LogP contribution in [-0.2, 0) is 6.54 Å². The number of nitrogens with two attached hydrogens (primary N) is 1. The van der Waals surface area contributed by atoms with Crippen LogP contribution < -0.4 is 5.73 Å². The molecule has 1 heterocycles. The van der Waals surface area contributed by atoms with Crippen molar-refractivity contribution in [3.05, 3.63) is 22.6 Å². The highest BCUT2D eigenvalue weighted by Gasteiger charge is 2.27. The first-order valence-corrected chi connectivity index (χ1v) is 7.14. The molecule has 2 atom stereocenters. The first-order chi connectivity index (χ1) is 8.22. The van der Waals surface area contributed by atoms with Gasteiger partial charge in [-0.25, -0.2) is 0 Å². The third-order valence-electron chi connectivity index (χ3n) is 3.82. The van der Waals surface area contributed by atoms with Crippen molar-refractivity contribution in [2.24, 2.45) is 11.7 Å². The maximum atomic E-state index is 5.88. The van der Waals surface area contributed by atoms with Gasteiger partial charge in [0.25, 0.3) is 0 Å². The molecule has 1 aliphatic carbocycles. The Labute approximate surface area is 111 Å². The highest BCUT2D eigenvalue weighted by atomic mass is 79.9. The van der Waals surface area contributed by atoms with Gasteiger partial charge in [0.2, 0.25) is 0 Å². The van der Waals surface area contributed by atoms with E-state index in [1.54, 1.807) is 6.26 Å². The maximum absolute atomic E-state index is 5.88. The molecule has 0 spiro atoms. The van der Waals surface area contributed by atoms with Crippen molar-refractivity contribution in [3.63, 3.8) is 0 Å². The molecule has 17 heavy (non-hydrogen) atoms. The summed E-state index contributed by atoms with van der Waals surface area (Å²) in [6.45, 7) is 1.66. The van der Waals surface area contributed by atoms with E-state index < -0.39 is 0 Å². The monoisotopic (exact) mass is 300 g/mol. The zero-order valence-electron chi connectivity index (χ0n) is 10.4. The summed E-state index contributed by atoms with van der Waals surface area (Å²) in [5.74, 6) is 1.65. The quantitative estimate of drug-likeness (QED) is 0.929. The molecule has 0 bridgehead atoms. The van der Waals surface area contributed by atoms with Crippen molar-refractivity contribution >= 4 is 15.9 Å². The number of furan rings is 1. The SMILES string of the molecule is CN(Cc1occc1Br)C1CCCCC1CN. The first-order valence-electron chi connectivity index (χ1n) is 6.34. The molecular weight excluding hydrogens is 280 g/mol. The summed E-state index contributed by atoms with van der Waals surface area (Å²) in [7, 11) is 2.17. The molecular formula is C13H21BrN2O. The van der Waals surface area contributed by atoms with Crippen molar-refractivity contribution in [1.29, 1.82) is 0 Å². The fourth-order valence-electron chi connectivity index (χ4n) is 2.82. The lowest BCUT2D eigenvalue weighted by molar-refractivity contribution is 0.120. The van der Waals surface area contributed by atoms with E-state index in [0.717, 1.165) is 23.3 Å². The van der Waals surface area contributed by atoms with E-state index in [4.69, 9.17) is 10.2 Å². The van der Waals surface area contributed by atoms with E-state index in [2.05, 4.69) is 27.9 Å². The van der Waals surface area contributed by atoms with Crippen molar-refractivity contribution in [2.75, 3.05) is 13.6 Å². The van der Waals surface area contributed by atoms with E-state index in [0.29, 0.717) is 12.0 Å². The van der Waals surface area contributed by atoms with Crippen LogP contribution in [0.2, 0.25) is 0 Å². The van der Waals surface area contributed by atoms with Gasteiger partial charge in [-0.1, -0.05) is 12.8 Å². The topological polar surface area (TPSA) is 42.4 Å². The van der Waals surface area contributed by atoms with Crippen molar-refractivity contribution in [2.45, 2.75) is 38.3 Å². The second-order valence-electron chi connectivity index (χ2n) is 4.95. The van der Waals surface area contributed by atoms with Crippen molar-refractivity contribution in [3.8, 4) is 0 Å². The van der Waals surface area contributed by atoms with Crippen LogP contribution in [0.5, 0.6) is 0 Å². The molecule has 0 saturated heterocycles. The Hall–Kier alpha value is -0.320. The second-order valence-corrected chi connectivity index (χ2v) is 5.81. The standard InChI is InChI=1S/C13H21BrN2O/c1-16(9-13-11(14)6-7-17-13)12-5-3-2-4-10(12)8-15/h6-7,10,12H,2-5,8-9,15H2,1H3. The van der Waals surface area contributed by atoms with Crippen LogP contribution in [0.3, 0.4) is 0 Å². The van der Waals surface area contributed by atoms with Gasteiger partial charge in [-0.3, -0.25) is 4.90 Å². The molecule has 0 amide bonds. The maximum Gasteiger partial charge on any atom is 0.131 e. The minimum atomic E-state index is 0.603. The Balaban J connectivity index is 1.98. The van der Waals surface area contributed by atoms with E-state index in [1.807, 2.05) is 6.07 Å². The highest BCUT2D eigenvalue weighted by molar-refractivity contribution is 9.10. The summed E-state index contributed by atoms with van der Waals surface area (Å²) in [4.78, 5) is 2.39. The van der Waals surface area contributed by atoms with Crippen molar-refractivity contribution in [1.82, 2.24) is 4.90 Å². The van der Waals surface area contributed by atoms with Crippen LogP contribution in [-0.4, -0.2) is 24.5 Å². The zero-order valence-corrected chi connectivity index (χ0v) is 11.9. The van der Waals surface area contributed by atoms with Crippen LogP contribution in [0.4, 0.5) is 0 Å². The van der Waals surface area contributed by atoms with Gasteiger partial charge < -0.3 is 10.2 Å². The predicted molar refractivity (Wildman–Crippen MR) is 72.7 cm³/mol. The van der Waals surface area contributed by atoms with E-state index >= 15 is 0 Å². The molecule has 0 radical (unpaired) electrons. The first kappa shape index (κ1) is 13.1. The predicted octanol–water partition coefficient (Wildman–Crippen LogP) is 2.99. The van der Waals surface area contributed by atoms with Gasteiger partial charge in [-0.2, -0.15) is 0 Å². The molecule has 2 rings (SSSR count). The van der Waals surface area contributed by atoms with Crippen LogP contribution in [0, 0.1) is 5.92 Å². The summed E-state index contributed by atoms with van der Waals surface area (Å²) < 4.78 is 6.53. The summed E-state index contributed by atoms with van der Waals surface area (Å²) in [6, 6.07) is 2.55. The lowest BCUT2D eigenvalue weighted by Gasteiger charge is -2.37. The van der Waals surface area contributed by atoms with Gasteiger partial charge in [-0.15, -0.1) is 0 Å². The molecule has 3 nitrogen and oxygen atoms in total. The van der Waals surface area contributed by atoms with Gasteiger partial charge in [0.05, 0.1) is 17.3 Å². The molecule has 0 aliphatic heterocycles. The fraction of sp³-hybridized carbons (Fsp3) is 0.692. The fourth-order valence-corrected chi connectivity index (χ4v) is 3.15. The van der Waals surface area contributed by atoms with Gasteiger partial charge >= 0.3 is 0 Å². The minimum absolute atomic E-state index is 0.603. The minimum Gasteiger partial charge on any atom is -0.467 e. The Kier molecular flexibility index (Phi) is 4.65. The number of halogens is 1. The molecule has 2 N–H and O–H groups in total. The average molecular weight is 301 g/mol. The normalized spacial score (nSPS) is 25.4. The van der Waals surface area contributed by atoms with Crippen molar-refractivity contribution < 1.29 is 4.42 Å². The van der Waals surface area contributed by atoms with Crippen LogP contribution in [0.1, 0.15) is 31.4 Å². The average Bonchev–Trinajstić information content (AvgIpc) is 2.75. The number of hydrogen-bond donors (Lipinski definition) is 1. The van der Waals surface area contributed by atoms with Gasteiger partial charge in [0.1, 0.15) is 5.76 Å². The molecule has 0 aromatic carbocycles. The Bertz CT molecular complexity index is 353. The molecule has 1 fully saturated rings. The zero-order chi connectivity index (χ0) is 12.3. The number of nitrogens with zero attached hydrogens (tertiary/aromatic N) is 1. The molecule has 96 valence electrons. The Morgan fingerprint density at radius 2 is 2.24 bits per heavy atom. The third-order valence-corrected chi connectivity index (χ3v) is 4.53. The summed E-state index contributed by atoms with van der Waals surface area (Å²) in [5.41, 5.74) is 5.88. The lowest BCUT2D eigenvalue weighted by Crippen LogP contribution is -2.42. The molecule has 2 unspecified atom stereocenters. The van der Waals surface area contributed by atoms with Gasteiger partial charge in [0, 0.05) is 6.04 Å². The largest absolute Gasteiger partial charge is 0.467 e. The third kappa shape index (κ3) is 3.12. The molecule has 1 aromatic rings. The number of hydrogen-bond acceptors (Lipinski definition) is 3.